The summed E-state index contributed by atoms with van der Waals surface area (Å²) in [5.74, 6) is 0.424. The van der Waals surface area contributed by atoms with Gasteiger partial charge in [-0.15, -0.1) is 0 Å². The van der Waals surface area contributed by atoms with Crippen LogP contribution in [0.1, 0.15) is 32.6 Å². The van der Waals surface area contributed by atoms with Gasteiger partial charge in [0.05, 0.1) is 23.9 Å². The maximum atomic E-state index is 13.0. The van der Waals surface area contributed by atoms with Crippen LogP contribution < -0.4 is 15.5 Å². The van der Waals surface area contributed by atoms with E-state index in [0.717, 1.165) is 40.3 Å². The van der Waals surface area contributed by atoms with E-state index in [1.165, 1.54) is 11.8 Å². The number of benzene rings is 2. The number of aromatic nitrogens is 2. The lowest BCUT2D eigenvalue weighted by Gasteiger charge is -2.33. The molecule has 2 heterocycles. The van der Waals surface area contributed by atoms with Crippen LogP contribution in [0.2, 0.25) is 0 Å². The predicted octanol–water partition coefficient (Wildman–Crippen LogP) is 3.66. The summed E-state index contributed by atoms with van der Waals surface area (Å²) in [5, 5.41) is 4.28. The van der Waals surface area contributed by atoms with Gasteiger partial charge in [0.15, 0.2) is 5.16 Å². The normalized spacial score (nSPS) is 22.0. The zero-order valence-corrected chi connectivity index (χ0v) is 20.4. The highest BCUT2D eigenvalue weighted by molar-refractivity contribution is 7.99. The van der Waals surface area contributed by atoms with Crippen LogP contribution in [0, 0.1) is 5.92 Å². The Morgan fingerprint density at radius 1 is 1.17 bits per heavy atom. The molecule has 3 aromatic rings. The van der Waals surface area contributed by atoms with Crippen LogP contribution in [0.25, 0.3) is 16.7 Å². The minimum atomic E-state index is -0.896. The first-order valence-electron chi connectivity index (χ1n) is 11.6. The van der Waals surface area contributed by atoms with Crippen LogP contribution in [-0.4, -0.2) is 50.8 Å². The van der Waals surface area contributed by atoms with Crippen molar-refractivity contribution in [2.75, 3.05) is 12.9 Å². The van der Waals surface area contributed by atoms with Crippen LogP contribution in [0.5, 0.6) is 5.75 Å². The van der Waals surface area contributed by atoms with Crippen LogP contribution >= 0.6 is 11.8 Å². The number of imide groups is 1. The Morgan fingerprint density at radius 2 is 1.89 bits per heavy atom. The highest BCUT2D eigenvalue weighted by atomic mass is 32.2. The number of hydrazine groups is 1. The van der Waals surface area contributed by atoms with Crippen molar-refractivity contribution < 1.29 is 19.1 Å². The molecule has 1 saturated carbocycles. The number of carbonyl (C=O) groups excluding carboxylic acids is 3. The number of amides is 4. The van der Waals surface area contributed by atoms with Crippen LogP contribution in [0.4, 0.5) is 4.79 Å². The minimum Gasteiger partial charge on any atom is -0.497 e. The molecule has 1 aliphatic carbocycles. The number of thioether (sulfide) groups is 1. The Kier molecular flexibility index (Phi) is 6.14. The van der Waals surface area contributed by atoms with Crippen molar-refractivity contribution >= 4 is 40.6 Å². The van der Waals surface area contributed by atoms with Gasteiger partial charge in [0.1, 0.15) is 11.3 Å². The van der Waals surface area contributed by atoms with Gasteiger partial charge >= 0.3 is 6.03 Å². The third-order valence-corrected chi connectivity index (χ3v) is 7.66. The highest BCUT2D eigenvalue weighted by Gasteiger charge is 2.52. The molecule has 0 atom stereocenters. The van der Waals surface area contributed by atoms with Crippen LogP contribution in [-0.2, 0) is 9.59 Å². The van der Waals surface area contributed by atoms with Crippen molar-refractivity contribution in [1.29, 1.82) is 0 Å². The third kappa shape index (κ3) is 4.34. The topological polar surface area (TPSA) is 106 Å². The molecule has 0 radical (unpaired) electrons. The molecule has 0 unspecified atom stereocenters. The monoisotopic (exact) mass is 493 g/mol. The van der Waals surface area contributed by atoms with Gasteiger partial charge in [-0.05, 0) is 68.0 Å². The van der Waals surface area contributed by atoms with E-state index < -0.39 is 17.5 Å². The fourth-order valence-electron chi connectivity index (χ4n) is 4.68. The summed E-state index contributed by atoms with van der Waals surface area (Å²) >= 11 is 1.24. The van der Waals surface area contributed by atoms with E-state index in [4.69, 9.17) is 9.72 Å². The van der Waals surface area contributed by atoms with Gasteiger partial charge in [0.25, 0.3) is 5.91 Å². The van der Waals surface area contributed by atoms with Crippen LogP contribution in [0.15, 0.2) is 53.7 Å². The number of fused-ring (bicyclic) bond motifs is 1. The van der Waals surface area contributed by atoms with Crippen molar-refractivity contribution in [3.05, 3.63) is 48.5 Å². The molecule has 2 aliphatic rings. The second-order valence-corrected chi connectivity index (χ2v) is 10.0. The quantitative estimate of drug-likeness (QED) is 0.401. The summed E-state index contributed by atoms with van der Waals surface area (Å²) in [6.45, 7) is 2.14. The summed E-state index contributed by atoms with van der Waals surface area (Å²) in [6, 6.07) is 14.7. The van der Waals surface area contributed by atoms with Gasteiger partial charge in [-0.3, -0.25) is 19.6 Å². The summed E-state index contributed by atoms with van der Waals surface area (Å²) in [6.07, 6.45) is 2.91. The molecule has 2 N–H and O–H groups in total. The molecule has 10 heteroatoms. The van der Waals surface area contributed by atoms with Crippen molar-refractivity contribution in [2.45, 2.75) is 43.3 Å². The Labute approximate surface area is 207 Å². The second-order valence-electron chi connectivity index (χ2n) is 9.08. The molecule has 5 rings (SSSR count). The van der Waals surface area contributed by atoms with E-state index >= 15 is 0 Å². The van der Waals surface area contributed by atoms with E-state index in [0.29, 0.717) is 23.9 Å². The van der Waals surface area contributed by atoms with Gasteiger partial charge < -0.3 is 10.1 Å². The summed E-state index contributed by atoms with van der Waals surface area (Å²) in [7, 11) is 1.61. The second kappa shape index (κ2) is 9.26. The van der Waals surface area contributed by atoms with Crippen molar-refractivity contribution in [2.24, 2.45) is 5.92 Å². The average molecular weight is 494 g/mol. The molecule has 2 fully saturated rings. The summed E-state index contributed by atoms with van der Waals surface area (Å²) in [4.78, 5) is 43.0. The lowest BCUT2D eigenvalue weighted by molar-refractivity contribution is -0.139. The SMILES string of the molecule is COc1ccc(-n2c(SCC(=O)NN3C(=O)NC4(CCC(C)CC4)C3=O)nc3ccccc32)cc1. The number of rotatable bonds is 6. The highest BCUT2D eigenvalue weighted by Crippen LogP contribution is 2.36. The van der Waals surface area contributed by atoms with Crippen LogP contribution in [0.3, 0.4) is 0 Å². The molecule has 1 spiro atoms. The Morgan fingerprint density at radius 3 is 2.60 bits per heavy atom. The molecule has 2 aromatic carbocycles. The lowest BCUT2D eigenvalue weighted by Crippen LogP contribution is -2.51. The predicted molar refractivity (Wildman–Crippen MR) is 132 cm³/mol. The largest absolute Gasteiger partial charge is 0.497 e. The van der Waals surface area contributed by atoms with E-state index in [9.17, 15) is 14.4 Å². The number of hydrogen-bond acceptors (Lipinski definition) is 6. The molecule has 9 nitrogen and oxygen atoms in total. The third-order valence-electron chi connectivity index (χ3n) is 6.72. The first-order valence-corrected chi connectivity index (χ1v) is 12.6. The van der Waals surface area contributed by atoms with Crippen molar-refractivity contribution in [3.63, 3.8) is 0 Å². The number of carbonyl (C=O) groups is 3. The summed E-state index contributed by atoms with van der Waals surface area (Å²) in [5.41, 5.74) is 4.19. The number of methoxy groups -OCH3 is 1. The number of ether oxygens (including phenoxy) is 1. The minimum absolute atomic E-state index is 0.0133. The van der Waals surface area contributed by atoms with Gasteiger partial charge in [0.2, 0.25) is 5.91 Å². The van der Waals surface area contributed by atoms with Crippen molar-refractivity contribution in [1.82, 2.24) is 25.3 Å². The maximum Gasteiger partial charge on any atom is 0.344 e. The lowest BCUT2D eigenvalue weighted by atomic mass is 9.77. The number of para-hydroxylation sites is 2. The molecule has 0 bridgehead atoms. The fourth-order valence-corrected chi connectivity index (χ4v) is 5.50. The molecule has 1 saturated heterocycles. The molecule has 4 amide bonds. The molecule has 1 aromatic heterocycles. The zero-order valence-electron chi connectivity index (χ0n) is 19.6. The first-order chi connectivity index (χ1) is 16.9. The van der Waals surface area contributed by atoms with Gasteiger partial charge in [-0.1, -0.05) is 30.8 Å². The standard InChI is InChI=1S/C25H27N5O4S/c1-16-11-13-25(14-12-16)22(32)30(23(33)27-25)28-21(31)15-35-24-26-19-5-3-4-6-20(19)29(24)17-7-9-18(34-2)10-8-17/h3-10,16H,11-15H2,1-2H3,(H,27,33)(H,28,31). The molecular formula is C25H27N5O4S. The smallest absolute Gasteiger partial charge is 0.344 e. The Hall–Kier alpha value is -3.53. The number of imidazole rings is 1. The first kappa shape index (κ1) is 23.2. The van der Waals surface area contributed by atoms with Gasteiger partial charge in [0, 0.05) is 5.69 Å². The average Bonchev–Trinajstić information content (AvgIpc) is 3.35. The molecular weight excluding hydrogens is 466 g/mol. The number of hydrogen-bond donors (Lipinski definition) is 2. The number of urea groups is 1. The Balaban J connectivity index is 1.31. The zero-order chi connectivity index (χ0) is 24.6. The van der Waals surface area contributed by atoms with Gasteiger partial charge in [-0.25, -0.2) is 9.78 Å². The Bertz CT molecular complexity index is 1280. The maximum absolute atomic E-state index is 13.0. The summed E-state index contributed by atoms with van der Waals surface area (Å²) < 4.78 is 7.23. The fraction of sp³-hybridized carbons (Fsp3) is 0.360. The number of nitrogens with zero attached hydrogens (tertiary/aromatic N) is 3. The molecule has 35 heavy (non-hydrogen) atoms. The van der Waals surface area contributed by atoms with E-state index in [1.54, 1.807) is 7.11 Å². The number of nitrogens with one attached hydrogen (secondary N) is 2. The van der Waals surface area contributed by atoms with E-state index in [-0.39, 0.29) is 11.7 Å². The molecule has 1 aliphatic heterocycles. The van der Waals surface area contributed by atoms with Gasteiger partial charge in [-0.2, -0.15) is 5.01 Å². The molecule has 182 valence electrons. The van der Waals surface area contributed by atoms with Crippen molar-refractivity contribution in [3.8, 4) is 11.4 Å². The van der Waals surface area contributed by atoms with E-state index in [2.05, 4.69) is 17.7 Å². The van der Waals surface area contributed by atoms with E-state index in [1.807, 2.05) is 53.1 Å².